The molecule has 0 aliphatic rings. The number of pyridine rings is 1. The molecule has 0 saturated carbocycles. The van der Waals surface area contributed by atoms with Crippen LogP contribution >= 0.6 is 0 Å². The van der Waals surface area contributed by atoms with Crippen molar-refractivity contribution in [3.63, 3.8) is 0 Å². The van der Waals surface area contributed by atoms with E-state index in [4.69, 9.17) is 5.73 Å². The van der Waals surface area contributed by atoms with Gasteiger partial charge in [-0.05, 0) is 48.7 Å². The zero-order chi connectivity index (χ0) is 16.7. The Labute approximate surface area is 138 Å². The highest BCUT2D eigenvalue weighted by Gasteiger charge is 2.05. The van der Waals surface area contributed by atoms with Gasteiger partial charge in [-0.1, -0.05) is 31.5 Å². The standard InChI is InChI=1S/C19H25N3O/c1-3-4-9-21-12-15-5-6-16(14(2)10-15)11-18-8-7-17(13-22-18)19(20)23/h5-8,10,13,21H,3-4,9,11-12H2,1-2H3,(H2,20,23). The van der Waals surface area contributed by atoms with Crippen LogP contribution in [0.4, 0.5) is 0 Å². The summed E-state index contributed by atoms with van der Waals surface area (Å²) in [6, 6.07) is 10.1. The normalized spacial score (nSPS) is 10.7. The van der Waals surface area contributed by atoms with E-state index in [-0.39, 0.29) is 0 Å². The molecule has 1 heterocycles. The Balaban J connectivity index is 1.98. The molecule has 23 heavy (non-hydrogen) atoms. The maximum absolute atomic E-state index is 11.1. The number of amides is 1. The molecule has 0 fully saturated rings. The number of aryl methyl sites for hydroxylation is 1. The summed E-state index contributed by atoms with van der Waals surface area (Å²) < 4.78 is 0. The van der Waals surface area contributed by atoms with Gasteiger partial charge in [0.05, 0.1) is 5.56 Å². The summed E-state index contributed by atoms with van der Waals surface area (Å²) in [5.74, 6) is -0.444. The molecular formula is C19H25N3O. The molecule has 0 aliphatic heterocycles. The van der Waals surface area contributed by atoms with Crippen molar-refractivity contribution in [1.29, 1.82) is 0 Å². The molecule has 0 saturated heterocycles. The van der Waals surface area contributed by atoms with E-state index < -0.39 is 5.91 Å². The second-order valence-corrected chi connectivity index (χ2v) is 5.87. The van der Waals surface area contributed by atoms with E-state index in [1.807, 2.05) is 6.07 Å². The summed E-state index contributed by atoms with van der Waals surface area (Å²) in [5, 5.41) is 3.46. The van der Waals surface area contributed by atoms with Gasteiger partial charge in [0, 0.05) is 24.9 Å². The van der Waals surface area contributed by atoms with Gasteiger partial charge < -0.3 is 11.1 Å². The van der Waals surface area contributed by atoms with Crippen molar-refractivity contribution in [2.75, 3.05) is 6.54 Å². The van der Waals surface area contributed by atoms with Gasteiger partial charge >= 0.3 is 0 Å². The fraction of sp³-hybridized carbons (Fsp3) is 0.368. The fourth-order valence-corrected chi connectivity index (χ4v) is 2.47. The lowest BCUT2D eigenvalue weighted by Crippen LogP contribution is -2.14. The Bertz CT molecular complexity index is 650. The van der Waals surface area contributed by atoms with Crippen molar-refractivity contribution >= 4 is 5.91 Å². The average molecular weight is 311 g/mol. The molecule has 1 aromatic carbocycles. The van der Waals surface area contributed by atoms with Crippen molar-refractivity contribution in [3.05, 3.63) is 64.5 Å². The summed E-state index contributed by atoms with van der Waals surface area (Å²) in [6.45, 7) is 6.30. The molecule has 2 rings (SSSR count). The predicted octanol–water partition coefficient (Wildman–Crippen LogP) is 2.97. The summed E-state index contributed by atoms with van der Waals surface area (Å²) in [5.41, 5.74) is 10.4. The largest absolute Gasteiger partial charge is 0.366 e. The van der Waals surface area contributed by atoms with E-state index in [0.29, 0.717) is 5.56 Å². The maximum atomic E-state index is 11.1. The van der Waals surface area contributed by atoms with Crippen LogP contribution in [-0.2, 0) is 13.0 Å². The monoisotopic (exact) mass is 311 g/mol. The average Bonchev–Trinajstić information content (AvgIpc) is 2.54. The molecule has 1 aromatic heterocycles. The van der Waals surface area contributed by atoms with Crippen LogP contribution in [-0.4, -0.2) is 17.4 Å². The van der Waals surface area contributed by atoms with E-state index in [0.717, 1.165) is 25.2 Å². The topological polar surface area (TPSA) is 68.0 Å². The summed E-state index contributed by atoms with van der Waals surface area (Å²) in [4.78, 5) is 15.4. The van der Waals surface area contributed by atoms with Crippen molar-refractivity contribution in [2.45, 2.75) is 39.7 Å². The summed E-state index contributed by atoms with van der Waals surface area (Å²) >= 11 is 0. The first-order valence-corrected chi connectivity index (χ1v) is 8.14. The van der Waals surface area contributed by atoms with E-state index in [9.17, 15) is 4.79 Å². The number of hydrogen-bond donors (Lipinski definition) is 2. The highest BCUT2D eigenvalue weighted by Crippen LogP contribution is 2.15. The maximum Gasteiger partial charge on any atom is 0.250 e. The van der Waals surface area contributed by atoms with Crippen LogP contribution < -0.4 is 11.1 Å². The Hall–Kier alpha value is -2.20. The molecule has 2 aromatic rings. The number of primary amides is 1. The molecule has 4 nitrogen and oxygen atoms in total. The lowest BCUT2D eigenvalue weighted by atomic mass is 10.0. The lowest BCUT2D eigenvalue weighted by Gasteiger charge is -2.10. The van der Waals surface area contributed by atoms with Crippen LogP contribution in [0, 0.1) is 6.92 Å². The molecule has 0 unspecified atom stereocenters. The van der Waals surface area contributed by atoms with Crippen LogP contribution in [0.2, 0.25) is 0 Å². The number of aromatic nitrogens is 1. The number of nitrogens with zero attached hydrogens (tertiary/aromatic N) is 1. The molecule has 0 spiro atoms. The van der Waals surface area contributed by atoms with Crippen molar-refractivity contribution < 1.29 is 4.79 Å². The van der Waals surface area contributed by atoms with E-state index in [1.54, 1.807) is 12.3 Å². The van der Waals surface area contributed by atoms with Crippen LogP contribution in [0.15, 0.2) is 36.5 Å². The van der Waals surface area contributed by atoms with Gasteiger partial charge in [0.2, 0.25) is 5.91 Å². The second-order valence-electron chi connectivity index (χ2n) is 5.87. The van der Waals surface area contributed by atoms with Gasteiger partial charge in [-0.2, -0.15) is 0 Å². The van der Waals surface area contributed by atoms with Gasteiger partial charge in [0.25, 0.3) is 0 Å². The second kappa shape index (κ2) is 8.44. The SMILES string of the molecule is CCCCNCc1ccc(Cc2ccc(C(N)=O)cn2)c(C)c1. The third-order valence-corrected chi connectivity index (χ3v) is 3.92. The van der Waals surface area contributed by atoms with Gasteiger partial charge in [-0.15, -0.1) is 0 Å². The third kappa shape index (κ3) is 5.18. The molecule has 3 N–H and O–H groups in total. The van der Waals surface area contributed by atoms with Crippen LogP contribution in [0.5, 0.6) is 0 Å². The van der Waals surface area contributed by atoms with E-state index in [1.165, 1.54) is 29.5 Å². The number of carbonyl (C=O) groups excluding carboxylic acids is 1. The molecule has 0 radical (unpaired) electrons. The Morgan fingerprint density at radius 2 is 2.09 bits per heavy atom. The first-order chi connectivity index (χ1) is 11.1. The Morgan fingerprint density at radius 1 is 1.26 bits per heavy atom. The van der Waals surface area contributed by atoms with Crippen molar-refractivity contribution in [3.8, 4) is 0 Å². The number of nitrogens with one attached hydrogen (secondary N) is 1. The predicted molar refractivity (Wildman–Crippen MR) is 93.4 cm³/mol. The van der Waals surface area contributed by atoms with Crippen LogP contribution in [0.1, 0.15) is 52.5 Å². The highest BCUT2D eigenvalue weighted by atomic mass is 16.1. The molecule has 4 heteroatoms. The first kappa shape index (κ1) is 17.2. The van der Waals surface area contributed by atoms with Gasteiger partial charge in [-0.25, -0.2) is 0 Å². The Morgan fingerprint density at radius 3 is 2.70 bits per heavy atom. The minimum atomic E-state index is -0.444. The minimum Gasteiger partial charge on any atom is -0.366 e. The highest BCUT2D eigenvalue weighted by molar-refractivity contribution is 5.92. The molecule has 1 amide bonds. The smallest absolute Gasteiger partial charge is 0.250 e. The zero-order valence-corrected chi connectivity index (χ0v) is 13.9. The number of unbranched alkanes of at least 4 members (excludes halogenated alkanes) is 1. The molecular weight excluding hydrogens is 286 g/mol. The Kier molecular flexibility index (Phi) is 6.29. The van der Waals surface area contributed by atoms with Crippen molar-refractivity contribution in [1.82, 2.24) is 10.3 Å². The van der Waals surface area contributed by atoms with Crippen LogP contribution in [0.3, 0.4) is 0 Å². The fourth-order valence-electron chi connectivity index (χ4n) is 2.47. The van der Waals surface area contributed by atoms with E-state index in [2.05, 4.69) is 42.3 Å². The summed E-state index contributed by atoms with van der Waals surface area (Å²) in [7, 11) is 0. The number of nitrogens with two attached hydrogens (primary N) is 1. The van der Waals surface area contributed by atoms with Crippen molar-refractivity contribution in [2.24, 2.45) is 5.73 Å². The quantitative estimate of drug-likeness (QED) is 0.736. The molecule has 0 atom stereocenters. The number of carbonyl (C=O) groups is 1. The van der Waals surface area contributed by atoms with Gasteiger partial charge in [0.15, 0.2) is 0 Å². The molecule has 122 valence electrons. The van der Waals surface area contributed by atoms with Gasteiger partial charge in [-0.3, -0.25) is 9.78 Å². The third-order valence-electron chi connectivity index (χ3n) is 3.92. The van der Waals surface area contributed by atoms with Crippen LogP contribution in [0.25, 0.3) is 0 Å². The number of rotatable bonds is 8. The minimum absolute atomic E-state index is 0.443. The van der Waals surface area contributed by atoms with E-state index >= 15 is 0 Å². The zero-order valence-electron chi connectivity index (χ0n) is 13.9. The molecule has 0 aliphatic carbocycles. The summed E-state index contributed by atoms with van der Waals surface area (Å²) in [6.07, 6.45) is 4.73. The lowest BCUT2D eigenvalue weighted by molar-refractivity contribution is 0.1000. The number of benzene rings is 1. The van der Waals surface area contributed by atoms with Gasteiger partial charge in [0.1, 0.15) is 0 Å². The number of hydrogen-bond acceptors (Lipinski definition) is 3. The molecule has 0 bridgehead atoms. The first-order valence-electron chi connectivity index (χ1n) is 8.14.